The lowest BCUT2D eigenvalue weighted by Crippen LogP contribution is -2.42. The highest BCUT2D eigenvalue weighted by molar-refractivity contribution is 8.18. The van der Waals surface area contributed by atoms with Gasteiger partial charge in [-0.15, -0.1) is 0 Å². The monoisotopic (exact) mass is 440 g/mol. The van der Waals surface area contributed by atoms with E-state index in [4.69, 9.17) is 0 Å². The number of halogens is 1. The van der Waals surface area contributed by atoms with Crippen LogP contribution in [0.25, 0.3) is 6.08 Å². The molecule has 3 rings (SSSR count). The van der Waals surface area contributed by atoms with E-state index in [1.165, 1.54) is 29.2 Å². The lowest BCUT2D eigenvalue weighted by atomic mass is 10.2. The number of benzene rings is 1. The van der Waals surface area contributed by atoms with Crippen LogP contribution in [0.15, 0.2) is 29.2 Å². The van der Waals surface area contributed by atoms with E-state index in [2.05, 4.69) is 0 Å². The number of carbonyl (C=O) groups excluding carboxylic acids is 3. The van der Waals surface area contributed by atoms with Crippen LogP contribution in [0.2, 0.25) is 0 Å². The molecule has 1 aromatic rings. The molecule has 29 heavy (non-hydrogen) atoms. The maximum absolute atomic E-state index is 13.8. The van der Waals surface area contributed by atoms with Crippen molar-refractivity contribution in [3.05, 3.63) is 40.6 Å². The van der Waals surface area contributed by atoms with E-state index in [1.807, 2.05) is 0 Å². The Bertz CT molecular complexity index is 977. The van der Waals surface area contributed by atoms with Crippen molar-refractivity contribution in [3.63, 3.8) is 0 Å². The van der Waals surface area contributed by atoms with Crippen LogP contribution >= 0.6 is 11.8 Å². The van der Waals surface area contributed by atoms with Crippen molar-refractivity contribution in [1.29, 1.82) is 0 Å². The average molecular weight is 441 g/mol. The molecule has 0 N–H and O–H groups in total. The van der Waals surface area contributed by atoms with E-state index in [0.29, 0.717) is 24.7 Å². The number of imide groups is 1. The summed E-state index contributed by atoms with van der Waals surface area (Å²) in [6, 6.07) is 5.55. The first-order chi connectivity index (χ1) is 13.7. The van der Waals surface area contributed by atoms with Crippen molar-refractivity contribution in [3.8, 4) is 0 Å². The lowest BCUT2D eigenvalue weighted by Gasteiger charge is -2.27. The molecule has 2 heterocycles. The Balaban J connectivity index is 1.64. The minimum atomic E-state index is -3.13. The van der Waals surface area contributed by atoms with Crippen LogP contribution in [0.5, 0.6) is 0 Å². The lowest BCUT2D eigenvalue weighted by molar-refractivity contribution is -0.133. The highest BCUT2D eigenvalue weighted by atomic mass is 32.2. The summed E-state index contributed by atoms with van der Waals surface area (Å²) in [5.41, 5.74) is 0.202. The number of nitrogens with zero attached hydrogens (tertiary/aromatic N) is 2. The molecule has 0 radical (unpaired) electrons. The molecule has 0 aliphatic carbocycles. The van der Waals surface area contributed by atoms with Crippen LogP contribution in [0.1, 0.15) is 25.3 Å². The summed E-state index contributed by atoms with van der Waals surface area (Å²) in [5.74, 6) is -1.36. The molecular formula is C19H21FN2O5S2. The second kappa shape index (κ2) is 8.66. The fourth-order valence-electron chi connectivity index (χ4n) is 3.44. The predicted octanol–water partition coefficient (Wildman–Crippen LogP) is 2.29. The molecule has 2 fully saturated rings. The number of carbonyl (C=O) groups is 3. The molecule has 3 amide bonds. The summed E-state index contributed by atoms with van der Waals surface area (Å²) in [4.78, 5) is 39.8. The first kappa shape index (κ1) is 21.5. The van der Waals surface area contributed by atoms with Gasteiger partial charge in [0.1, 0.15) is 5.82 Å². The molecule has 0 bridgehead atoms. The normalized spacial score (nSPS) is 22.5. The van der Waals surface area contributed by atoms with Gasteiger partial charge in [0, 0.05) is 31.1 Å². The molecule has 156 valence electrons. The van der Waals surface area contributed by atoms with E-state index >= 15 is 0 Å². The Kier molecular flexibility index (Phi) is 6.42. The van der Waals surface area contributed by atoms with Crippen LogP contribution < -0.4 is 0 Å². The molecule has 2 aliphatic heterocycles. The summed E-state index contributed by atoms with van der Waals surface area (Å²) in [5, 5.41) is -0.517. The summed E-state index contributed by atoms with van der Waals surface area (Å²) < 4.78 is 37.1. The van der Waals surface area contributed by atoms with E-state index in [0.717, 1.165) is 4.90 Å². The van der Waals surface area contributed by atoms with Gasteiger partial charge in [0.25, 0.3) is 11.1 Å². The first-order valence-electron chi connectivity index (χ1n) is 9.21. The zero-order valence-corrected chi connectivity index (χ0v) is 17.5. The van der Waals surface area contributed by atoms with Gasteiger partial charge in [0.15, 0.2) is 9.84 Å². The molecule has 2 aliphatic rings. The molecule has 1 aromatic carbocycles. The van der Waals surface area contributed by atoms with Crippen molar-refractivity contribution in [2.24, 2.45) is 0 Å². The number of thioether (sulfide) groups is 1. The number of amides is 3. The van der Waals surface area contributed by atoms with E-state index in [1.54, 1.807) is 13.0 Å². The molecular weight excluding hydrogens is 419 g/mol. The Morgan fingerprint density at radius 2 is 2.07 bits per heavy atom. The van der Waals surface area contributed by atoms with Gasteiger partial charge in [-0.2, -0.15) is 0 Å². The molecule has 7 nitrogen and oxygen atoms in total. The standard InChI is InChI=1S/C19H21FN2O5S2/c1-2-21(14-8-10-29(26,27)12-14)17(23)7-9-22-18(24)16(28-19(22)25)11-13-5-3-4-6-15(13)20/h3-6,11,14H,2,7-10,12H2,1H3. The van der Waals surface area contributed by atoms with Crippen molar-refractivity contribution in [2.45, 2.75) is 25.8 Å². The van der Waals surface area contributed by atoms with Gasteiger partial charge in [-0.1, -0.05) is 18.2 Å². The van der Waals surface area contributed by atoms with Gasteiger partial charge in [-0.25, -0.2) is 12.8 Å². The van der Waals surface area contributed by atoms with Crippen molar-refractivity contribution >= 4 is 44.7 Å². The quantitative estimate of drug-likeness (QED) is 0.631. The number of sulfone groups is 1. The van der Waals surface area contributed by atoms with Gasteiger partial charge < -0.3 is 4.90 Å². The molecule has 0 aromatic heterocycles. The van der Waals surface area contributed by atoms with E-state index in [9.17, 15) is 27.2 Å². The zero-order valence-electron chi connectivity index (χ0n) is 15.8. The smallest absolute Gasteiger partial charge is 0.293 e. The van der Waals surface area contributed by atoms with Crippen LogP contribution in [0.3, 0.4) is 0 Å². The number of rotatable bonds is 6. The Morgan fingerprint density at radius 3 is 2.69 bits per heavy atom. The second-order valence-electron chi connectivity index (χ2n) is 6.84. The third-order valence-corrected chi connectivity index (χ3v) is 7.58. The van der Waals surface area contributed by atoms with Gasteiger partial charge in [0.2, 0.25) is 5.91 Å². The fraction of sp³-hybridized carbons (Fsp3) is 0.421. The van der Waals surface area contributed by atoms with Crippen LogP contribution in [0.4, 0.5) is 9.18 Å². The maximum atomic E-state index is 13.8. The van der Waals surface area contributed by atoms with Crippen LogP contribution in [-0.2, 0) is 19.4 Å². The molecule has 1 unspecified atom stereocenters. The highest BCUT2D eigenvalue weighted by Crippen LogP contribution is 2.32. The predicted molar refractivity (Wildman–Crippen MR) is 108 cm³/mol. The minimum absolute atomic E-state index is 0.0560. The Labute approximate surface area is 172 Å². The van der Waals surface area contributed by atoms with Crippen molar-refractivity contribution < 1.29 is 27.2 Å². The Morgan fingerprint density at radius 1 is 1.34 bits per heavy atom. The van der Waals surface area contributed by atoms with Gasteiger partial charge in [0.05, 0.1) is 16.4 Å². The third-order valence-electron chi connectivity index (χ3n) is 4.92. The molecule has 2 saturated heterocycles. The average Bonchev–Trinajstić information content (AvgIpc) is 3.15. The molecule has 10 heteroatoms. The van der Waals surface area contributed by atoms with E-state index < -0.39 is 26.8 Å². The van der Waals surface area contributed by atoms with Crippen molar-refractivity contribution in [1.82, 2.24) is 9.80 Å². The summed E-state index contributed by atoms with van der Waals surface area (Å²) in [6.45, 7) is 2.02. The fourth-order valence-corrected chi connectivity index (χ4v) is 6.02. The minimum Gasteiger partial charge on any atom is -0.339 e. The largest absolute Gasteiger partial charge is 0.339 e. The Hall–Kier alpha value is -2.20. The van der Waals surface area contributed by atoms with Gasteiger partial charge in [-0.3, -0.25) is 19.3 Å². The SMILES string of the molecule is CCN(C(=O)CCN1C(=O)SC(=Cc2ccccc2F)C1=O)C1CCS(=O)(=O)C1. The third kappa shape index (κ3) is 4.87. The second-order valence-corrected chi connectivity index (χ2v) is 10.1. The number of hydrogen-bond acceptors (Lipinski definition) is 6. The maximum Gasteiger partial charge on any atom is 0.293 e. The van der Waals surface area contributed by atoms with E-state index in [-0.39, 0.29) is 46.9 Å². The van der Waals surface area contributed by atoms with Crippen LogP contribution in [0, 0.1) is 5.82 Å². The first-order valence-corrected chi connectivity index (χ1v) is 11.9. The van der Waals surface area contributed by atoms with Gasteiger partial charge in [-0.05, 0) is 37.2 Å². The van der Waals surface area contributed by atoms with Gasteiger partial charge >= 0.3 is 0 Å². The number of hydrogen-bond donors (Lipinski definition) is 0. The summed E-state index contributed by atoms with van der Waals surface area (Å²) in [7, 11) is -3.13. The zero-order chi connectivity index (χ0) is 21.2. The topological polar surface area (TPSA) is 91.8 Å². The van der Waals surface area contributed by atoms with Crippen LogP contribution in [-0.4, -0.2) is 65.9 Å². The molecule has 0 saturated carbocycles. The summed E-state index contributed by atoms with van der Waals surface area (Å²) in [6.07, 6.45) is 1.63. The highest BCUT2D eigenvalue weighted by Gasteiger charge is 2.37. The van der Waals surface area contributed by atoms with Crippen molar-refractivity contribution in [2.75, 3.05) is 24.6 Å². The molecule has 0 spiro atoms. The summed E-state index contributed by atoms with van der Waals surface area (Å²) >= 11 is 0.704. The molecule has 1 atom stereocenters.